The molecule has 1 aromatic heterocycles. The molecular formula is C14H14N2O5S. The van der Waals surface area contributed by atoms with Crippen molar-refractivity contribution in [1.29, 1.82) is 0 Å². The molecule has 3 atom stereocenters. The van der Waals surface area contributed by atoms with Gasteiger partial charge in [-0.05, 0) is 24.3 Å². The first-order valence-corrected chi connectivity index (χ1v) is 7.62. The summed E-state index contributed by atoms with van der Waals surface area (Å²) in [6.45, 7) is 1.51. The molecule has 3 rings (SSSR count). The van der Waals surface area contributed by atoms with Crippen LogP contribution in [0.2, 0.25) is 0 Å². The maximum absolute atomic E-state index is 12.1. The Labute approximate surface area is 129 Å². The van der Waals surface area contributed by atoms with Crippen molar-refractivity contribution in [3.8, 4) is 0 Å². The van der Waals surface area contributed by atoms with E-state index in [4.69, 9.17) is 5.73 Å². The lowest BCUT2D eigenvalue weighted by Crippen LogP contribution is -2.61. The average molecular weight is 322 g/mol. The van der Waals surface area contributed by atoms with Crippen molar-refractivity contribution in [1.82, 2.24) is 4.90 Å². The largest absolute Gasteiger partial charge is 0.477 e. The Morgan fingerprint density at radius 2 is 2.14 bits per heavy atom. The highest BCUT2D eigenvalue weighted by Gasteiger charge is 2.57. The number of primary amides is 1. The van der Waals surface area contributed by atoms with E-state index in [1.807, 2.05) is 0 Å². The van der Waals surface area contributed by atoms with Gasteiger partial charge in [-0.15, -0.1) is 0 Å². The number of aliphatic carboxylic acids is 1. The number of nitrogens with zero attached hydrogens (tertiary/aromatic N) is 1. The van der Waals surface area contributed by atoms with Gasteiger partial charge in [0, 0.05) is 10.9 Å². The third kappa shape index (κ3) is 1.87. The van der Waals surface area contributed by atoms with Crippen LogP contribution in [-0.2, 0) is 9.59 Å². The fourth-order valence-corrected chi connectivity index (χ4v) is 4.08. The van der Waals surface area contributed by atoms with Crippen LogP contribution in [0.4, 0.5) is 0 Å². The van der Waals surface area contributed by atoms with Crippen molar-refractivity contribution < 1.29 is 24.6 Å². The highest BCUT2D eigenvalue weighted by atomic mass is 32.1. The molecule has 116 valence electrons. The molecule has 8 heteroatoms. The maximum atomic E-state index is 12.1. The molecule has 4 N–H and O–H groups in total. The molecule has 1 saturated heterocycles. The summed E-state index contributed by atoms with van der Waals surface area (Å²) in [5.41, 5.74) is 6.33. The van der Waals surface area contributed by atoms with E-state index >= 15 is 0 Å². The topological polar surface area (TPSA) is 121 Å². The van der Waals surface area contributed by atoms with Crippen molar-refractivity contribution >= 4 is 34.7 Å². The summed E-state index contributed by atoms with van der Waals surface area (Å²) in [7, 11) is 0. The second kappa shape index (κ2) is 4.92. The minimum absolute atomic E-state index is 0.118. The van der Waals surface area contributed by atoms with Gasteiger partial charge in [-0.1, -0.05) is 0 Å². The quantitative estimate of drug-likeness (QED) is 0.686. The molecule has 2 amide bonds. The number of fused-ring (bicyclic) bond motifs is 1. The van der Waals surface area contributed by atoms with Crippen LogP contribution in [0.5, 0.6) is 0 Å². The number of amides is 2. The predicted octanol–water partition coefficient (Wildman–Crippen LogP) is 0.254. The minimum Gasteiger partial charge on any atom is -0.477 e. The van der Waals surface area contributed by atoms with Crippen molar-refractivity contribution in [3.63, 3.8) is 0 Å². The number of carbonyl (C=O) groups excluding carboxylic acids is 2. The summed E-state index contributed by atoms with van der Waals surface area (Å²) in [5, 5.41) is 22.4. The molecule has 2 aliphatic heterocycles. The van der Waals surface area contributed by atoms with Crippen molar-refractivity contribution in [3.05, 3.63) is 27.6 Å². The monoisotopic (exact) mass is 322 g/mol. The SMILES string of the molecule is CC(O)C1C(=O)N2C(C(=O)O)=C(c3cscc3C(N)=O)CC12. The minimum atomic E-state index is -1.23. The van der Waals surface area contributed by atoms with E-state index in [9.17, 15) is 24.6 Å². The van der Waals surface area contributed by atoms with Crippen LogP contribution < -0.4 is 5.73 Å². The number of aliphatic hydroxyl groups excluding tert-OH is 1. The van der Waals surface area contributed by atoms with Gasteiger partial charge in [0.15, 0.2) is 0 Å². The third-order valence-corrected chi connectivity index (χ3v) is 4.93. The number of hydrogen-bond acceptors (Lipinski definition) is 5. The molecule has 1 fully saturated rings. The molecule has 0 aromatic carbocycles. The summed E-state index contributed by atoms with van der Waals surface area (Å²) < 4.78 is 0. The first kappa shape index (κ1) is 14.7. The summed E-state index contributed by atoms with van der Waals surface area (Å²) in [5.74, 6) is -2.87. The molecule has 0 saturated carbocycles. The zero-order valence-electron chi connectivity index (χ0n) is 11.6. The lowest BCUT2D eigenvalue weighted by Gasteiger charge is -2.44. The van der Waals surface area contributed by atoms with Crippen LogP contribution in [0.3, 0.4) is 0 Å². The van der Waals surface area contributed by atoms with Crippen LogP contribution in [0.1, 0.15) is 29.3 Å². The van der Waals surface area contributed by atoms with Crippen LogP contribution in [0, 0.1) is 5.92 Å². The van der Waals surface area contributed by atoms with E-state index in [1.54, 1.807) is 10.8 Å². The Morgan fingerprint density at radius 3 is 2.68 bits per heavy atom. The number of aliphatic hydroxyl groups is 1. The first-order chi connectivity index (χ1) is 10.3. The smallest absolute Gasteiger partial charge is 0.352 e. The second-order valence-electron chi connectivity index (χ2n) is 5.44. The predicted molar refractivity (Wildman–Crippen MR) is 77.8 cm³/mol. The fraction of sp³-hybridized carbons (Fsp3) is 0.357. The fourth-order valence-electron chi connectivity index (χ4n) is 3.23. The van der Waals surface area contributed by atoms with Crippen LogP contribution >= 0.6 is 11.3 Å². The van der Waals surface area contributed by atoms with E-state index in [-0.39, 0.29) is 17.3 Å². The molecule has 22 heavy (non-hydrogen) atoms. The van der Waals surface area contributed by atoms with Gasteiger partial charge < -0.3 is 20.8 Å². The van der Waals surface area contributed by atoms with Crippen molar-refractivity contribution in [2.24, 2.45) is 11.7 Å². The summed E-state index contributed by atoms with van der Waals surface area (Å²) in [6.07, 6.45) is -0.554. The number of carboxylic acid groups (broad SMARTS) is 1. The van der Waals surface area contributed by atoms with Gasteiger partial charge in [0.1, 0.15) is 5.70 Å². The lowest BCUT2D eigenvalue weighted by molar-refractivity contribution is -0.161. The van der Waals surface area contributed by atoms with Gasteiger partial charge in [-0.3, -0.25) is 9.59 Å². The second-order valence-corrected chi connectivity index (χ2v) is 6.19. The number of nitrogens with two attached hydrogens (primary N) is 1. The van der Waals surface area contributed by atoms with E-state index in [0.717, 1.165) is 0 Å². The van der Waals surface area contributed by atoms with E-state index in [0.29, 0.717) is 17.6 Å². The van der Waals surface area contributed by atoms with Crippen molar-refractivity contribution in [2.75, 3.05) is 0 Å². The number of hydrogen-bond donors (Lipinski definition) is 3. The highest BCUT2D eigenvalue weighted by Crippen LogP contribution is 2.47. The van der Waals surface area contributed by atoms with E-state index in [1.165, 1.54) is 23.2 Å². The molecule has 0 aliphatic carbocycles. The molecular weight excluding hydrogens is 308 g/mol. The molecule has 3 heterocycles. The molecule has 0 spiro atoms. The molecule has 0 radical (unpaired) electrons. The summed E-state index contributed by atoms with van der Waals surface area (Å²) >= 11 is 1.25. The van der Waals surface area contributed by atoms with E-state index < -0.39 is 29.8 Å². The number of rotatable bonds is 4. The number of carbonyl (C=O) groups is 3. The zero-order valence-corrected chi connectivity index (χ0v) is 12.5. The first-order valence-electron chi connectivity index (χ1n) is 6.68. The van der Waals surface area contributed by atoms with Gasteiger partial charge in [-0.25, -0.2) is 4.79 Å². The van der Waals surface area contributed by atoms with Gasteiger partial charge in [0.05, 0.1) is 23.6 Å². The Hall–Kier alpha value is -2.19. The van der Waals surface area contributed by atoms with Crippen molar-refractivity contribution in [2.45, 2.75) is 25.5 Å². The van der Waals surface area contributed by atoms with Gasteiger partial charge >= 0.3 is 5.97 Å². The normalized spacial score (nSPS) is 25.0. The average Bonchev–Trinajstić information content (AvgIpc) is 2.99. The van der Waals surface area contributed by atoms with Gasteiger partial charge in [-0.2, -0.15) is 11.3 Å². The molecule has 7 nitrogen and oxygen atoms in total. The van der Waals surface area contributed by atoms with Crippen LogP contribution in [0.15, 0.2) is 16.5 Å². The third-order valence-electron chi connectivity index (χ3n) is 4.18. The highest BCUT2D eigenvalue weighted by molar-refractivity contribution is 7.08. The Kier molecular flexibility index (Phi) is 3.30. The zero-order chi connectivity index (χ0) is 16.2. The maximum Gasteiger partial charge on any atom is 0.352 e. The Morgan fingerprint density at radius 1 is 1.45 bits per heavy atom. The van der Waals surface area contributed by atoms with Gasteiger partial charge in [0.2, 0.25) is 11.8 Å². The van der Waals surface area contributed by atoms with Crippen LogP contribution in [-0.4, -0.2) is 45.0 Å². The summed E-state index contributed by atoms with van der Waals surface area (Å²) in [6, 6.07) is -0.380. The standard InChI is InChI=1S/C14H14N2O5S/c1-5(17)10-9-2-6(7-3-22-4-8(7)12(15)18)11(14(20)21)16(9)13(10)19/h3-5,9-10,17H,2H2,1H3,(H2,15,18)(H,20,21). The lowest BCUT2D eigenvalue weighted by atomic mass is 9.82. The van der Waals surface area contributed by atoms with Crippen LogP contribution in [0.25, 0.3) is 5.57 Å². The Bertz CT molecular complexity index is 721. The summed E-state index contributed by atoms with van der Waals surface area (Å²) in [4.78, 5) is 36.4. The Balaban J connectivity index is 2.08. The number of β-lactam (4-membered cyclic amide) rings is 1. The number of carboxylic acids is 1. The molecule has 3 unspecified atom stereocenters. The van der Waals surface area contributed by atoms with E-state index in [2.05, 4.69) is 0 Å². The molecule has 2 aliphatic rings. The molecule has 0 bridgehead atoms. The molecule has 1 aromatic rings. The van der Waals surface area contributed by atoms with Gasteiger partial charge in [0.25, 0.3) is 0 Å². The number of thiophene rings is 1.